The minimum atomic E-state index is -0.812. The highest BCUT2D eigenvalue weighted by Crippen LogP contribution is 2.22. The lowest BCUT2D eigenvalue weighted by molar-refractivity contribution is -0.737. The van der Waals surface area contributed by atoms with Gasteiger partial charge in [0, 0.05) is 12.1 Å². The first-order valence-corrected chi connectivity index (χ1v) is 5.17. The molecule has 18 heavy (non-hydrogen) atoms. The zero-order valence-corrected chi connectivity index (χ0v) is 10.0. The van der Waals surface area contributed by atoms with Gasteiger partial charge in [0.15, 0.2) is 13.7 Å². The average Bonchev–Trinajstić information content (AvgIpc) is 2.36. The van der Waals surface area contributed by atoms with Gasteiger partial charge in [0.25, 0.3) is 4.92 Å². The maximum absolute atomic E-state index is 13.4. The van der Waals surface area contributed by atoms with Crippen molar-refractivity contribution < 1.29 is 28.4 Å². The van der Waals surface area contributed by atoms with E-state index in [1.54, 1.807) is 6.92 Å². The summed E-state index contributed by atoms with van der Waals surface area (Å²) in [6.45, 7) is 1.59. The van der Waals surface area contributed by atoms with E-state index in [4.69, 9.17) is 4.74 Å². The molecule has 98 valence electrons. The Bertz CT molecular complexity index is 449. The lowest BCUT2D eigenvalue weighted by atomic mass is 10.3. The highest BCUT2D eigenvalue weighted by molar-refractivity contribution is 5.71. The number of esters is 1. The first-order chi connectivity index (χ1) is 8.58. The Balaban J connectivity index is 2.67. The number of carbonyl (C=O) groups excluding carboxylic acids is 1. The highest BCUT2D eigenvalue weighted by Gasteiger charge is 2.21. The first-order valence-electron chi connectivity index (χ1n) is 5.17. The maximum Gasteiger partial charge on any atom is 0.352 e. The number of ether oxygens (including phenoxy) is 2. The number of benzene rings is 1. The molecule has 6 nitrogen and oxygen atoms in total. The van der Waals surface area contributed by atoms with E-state index in [0.717, 1.165) is 13.2 Å². The lowest BCUT2D eigenvalue weighted by Crippen LogP contribution is -2.14. The van der Waals surface area contributed by atoms with Gasteiger partial charge < -0.3 is 9.47 Å². The molecule has 0 saturated carbocycles. The molecule has 0 amide bonds. The van der Waals surface area contributed by atoms with Gasteiger partial charge in [-0.05, 0) is 13.0 Å². The molecule has 0 aromatic heterocycles. The molecule has 0 aliphatic heterocycles. The van der Waals surface area contributed by atoms with Crippen LogP contribution in [0.4, 0.5) is 10.1 Å². The summed E-state index contributed by atoms with van der Waals surface area (Å²) in [6, 6.07) is 3.52. The summed E-state index contributed by atoms with van der Waals surface area (Å²) in [7, 11) is 1.12. The molecule has 1 aromatic rings. The normalized spacial score (nSPS) is 9.72. The van der Waals surface area contributed by atoms with E-state index in [1.807, 2.05) is 0 Å². The van der Waals surface area contributed by atoms with Crippen LogP contribution in [0.1, 0.15) is 6.92 Å². The largest absolute Gasteiger partial charge is 0.482 e. The van der Waals surface area contributed by atoms with E-state index >= 15 is 0 Å². The molecule has 0 radical (unpaired) electrons. The fourth-order valence-corrected chi connectivity index (χ4v) is 1.17. The van der Waals surface area contributed by atoms with E-state index in [1.165, 1.54) is 12.1 Å². The van der Waals surface area contributed by atoms with Crippen LogP contribution in [0.15, 0.2) is 18.2 Å². The second kappa shape index (κ2) is 6.53. The van der Waals surface area contributed by atoms with E-state index in [9.17, 15) is 14.1 Å². The summed E-state index contributed by atoms with van der Waals surface area (Å²) in [4.78, 5) is 26.4. The third-order valence-electron chi connectivity index (χ3n) is 1.94. The molecule has 0 aliphatic rings. The van der Waals surface area contributed by atoms with E-state index in [2.05, 4.69) is 9.57 Å². The van der Waals surface area contributed by atoms with Gasteiger partial charge in [-0.2, -0.15) is 4.39 Å². The highest BCUT2D eigenvalue weighted by atomic mass is 19.1. The topological polar surface area (TPSA) is 64.8 Å². The SMILES string of the molecule is CCOC(=O)COc1ccc([N+](=O)OC)c(F)c1. The zero-order chi connectivity index (χ0) is 13.5. The third kappa shape index (κ3) is 3.69. The second-order valence-corrected chi connectivity index (χ2v) is 3.15. The monoisotopic (exact) mass is 258 g/mol. The molecule has 0 N–H and O–H groups in total. The van der Waals surface area contributed by atoms with Crippen molar-refractivity contribution >= 4 is 11.7 Å². The van der Waals surface area contributed by atoms with E-state index in [-0.39, 0.29) is 29.6 Å². The molecule has 0 heterocycles. The number of rotatable bonds is 6. The van der Waals surface area contributed by atoms with Crippen molar-refractivity contribution in [2.45, 2.75) is 6.92 Å². The van der Waals surface area contributed by atoms with Crippen LogP contribution < -0.4 is 4.74 Å². The number of hydrogen-bond acceptors (Lipinski definition) is 5. The molecule has 0 saturated heterocycles. The van der Waals surface area contributed by atoms with Crippen molar-refractivity contribution in [2.24, 2.45) is 0 Å². The van der Waals surface area contributed by atoms with Gasteiger partial charge in [0.05, 0.1) is 11.5 Å². The summed E-state index contributed by atoms with van der Waals surface area (Å²) in [5.41, 5.74) is -0.277. The Morgan fingerprint density at radius 2 is 2.17 bits per heavy atom. The summed E-state index contributed by atoms with van der Waals surface area (Å²) in [6.07, 6.45) is 0. The van der Waals surface area contributed by atoms with Gasteiger partial charge >= 0.3 is 11.7 Å². The number of hydrogen-bond donors (Lipinski definition) is 0. The minimum absolute atomic E-state index is 0.0322. The van der Waals surface area contributed by atoms with Crippen LogP contribution in [0.2, 0.25) is 0 Å². The minimum Gasteiger partial charge on any atom is -0.482 e. The van der Waals surface area contributed by atoms with Crippen molar-refractivity contribution in [3.63, 3.8) is 0 Å². The van der Waals surface area contributed by atoms with Crippen LogP contribution in [0, 0.1) is 10.7 Å². The van der Waals surface area contributed by atoms with E-state index in [0.29, 0.717) is 0 Å². The summed E-state index contributed by atoms with van der Waals surface area (Å²) in [5.74, 6) is -1.24. The van der Waals surface area contributed by atoms with Crippen molar-refractivity contribution in [3.8, 4) is 5.75 Å². The van der Waals surface area contributed by atoms with Gasteiger partial charge in [-0.15, -0.1) is 0 Å². The Labute approximate surface area is 103 Å². The van der Waals surface area contributed by atoms with E-state index < -0.39 is 11.8 Å². The standard InChI is InChI=1S/C11H13FNO5/c1-3-17-11(14)7-18-8-4-5-10(9(12)6-8)13(15)16-2/h4-6H,3,7H2,1-2H3/q+1. The number of halogens is 1. The molecule has 0 aliphatic carbocycles. The zero-order valence-electron chi connectivity index (χ0n) is 10.0. The summed E-state index contributed by atoms with van der Waals surface area (Å²) < 4.78 is 23.1. The van der Waals surface area contributed by atoms with Gasteiger partial charge in [-0.1, -0.05) is 0 Å². The van der Waals surface area contributed by atoms with Crippen molar-refractivity contribution in [1.29, 1.82) is 0 Å². The summed E-state index contributed by atoms with van der Waals surface area (Å²) in [5, 5.41) is 0. The quantitative estimate of drug-likeness (QED) is 0.574. The Morgan fingerprint density at radius 3 is 2.72 bits per heavy atom. The van der Waals surface area contributed by atoms with Crippen LogP contribution in [0.3, 0.4) is 0 Å². The van der Waals surface area contributed by atoms with Crippen molar-refractivity contribution in [1.82, 2.24) is 0 Å². The number of carbonyl (C=O) groups is 1. The van der Waals surface area contributed by atoms with Crippen molar-refractivity contribution in [3.05, 3.63) is 28.9 Å². The molecular formula is C11H13FNO5+. The van der Waals surface area contributed by atoms with Crippen LogP contribution in [0.5, 0.6) is 5.75 Å². The molecule has 1 rings (SSSR count). The molecule has 1 aromatic carbocycles. The van der Waals surface area contributed by atoms with Gasteiger partial charge in [0.2, 0.25) is 5.82 Å². The molecule has 0 bridgehead atoms. The van der Waals surface area contributed by atoms with Gasteiger partial charge in [-0.25, -0.2) is 9.63 Å². The Morgan fingerprint density at radius 1 is 1.44 bits per heavy atom. The Hall–Kier alpha value is -2.18. The van der Waals surface area contributed by atoms with Crippen LogP contribution in [-0.4, -0.2) is 31.2 Å². The molecule has 0 atom stereocenters. The van der Waals surface area contributed by atoms with Gasteiger partial charge in [-0.3, -0.25) is 0 Å². The molecule has 7 heteroatoms. The van der Waals surface area contributed by atoms with Crippen LogP contribution >= 0.6 is 0 Å². The molecule has 0 fully saturated rings. The smallest absolute Gasteiger partial charge is 0.352 e. The molecule has 0 unspecified atom stereocenters. The average molecular weight is 258 g/mol. The van der Waals surface area contributed by atoms with Crippen molar-refractivity contribution in [2.75, 3.05) is 20.3 Å². The molecular weight excluding hydrogens is 245 g/mol. The van der Waals surface area contributed by atoms with Gasteiger partial charge in [0.1, 0.15) is 5.75 Å². The Kier molecular flexibility index (Phi) is 5.04. The predicted molar refractivity (Wildman–Crippen MR) is 58.8 cm³/mol. The van der Waals surface area contributed by atoms with Crippen LogP contribution in [-0.2, 0) is 14.4 Å². The maximum atomic E-state index is 13.4. The predicted octanol–water partition coefficient (Wildman–Crippen LogP) is 1.74. The summed E-state index contributed by atoms with van der Waals surface area (Å²) >= 11 is 0. The second-order valence-electron chi connectivity index (χ2n) is 3.15. The third-order valence-corrected chi connectivity index (χ3v) is 1.94. The number of nitrogens with zero attached hydrogens (tertiary/aromatic N) is 1. The fraction of sp³-hybridized carbons (Fsp3) is 0.364. The fourth-order valence-electron chi connectivity index (χ4n) is 1.17. The van der Waals surface area contributed by atoms with Crippen LogP contribution in [0.25, 0.3) is 0 Å². The molecule has 0 spiro atoms. The first kappa shape index (κ1) is 13.9. The lowest BCUT2D eigenvalue weighted by Gasteiger charge is -2.05.